The second kappa shape index (κ2) is 12.6. The Morgan fingerprint density at radius 2 is 1.71 bits per heavy atom. The lowest BCUT2D eigenvalue weighted by Gasteiger charge is -2.33. The third kappa shape index (κ3) is 7.50. The molecule has 192 valence electrons. The molecule has 0 aliphatic carbocycles. The van der Waals surface area contributed by atoms with Crippen LogP contribution in [0.3, 0.4) is 0 Å². The van der Waals surface area contributed by atoms with Gasteiger partial charge in [-0.15, -0.1) is 0 Å². The Balaban J connectivity index is 2.49. The predicted molar refractivity (Wildman–Crippen MR) is 137 cm³/mol. The quantitative estimate of drug-likeness (QED) is 0.456. The van der Waals surface area contributed by atoms with Gasteiger partial charge < -0.3 is 19.7 Å². The summed E-state index contributed by atoms with van der Waals surface area (Å²) in [4.78, 5) is 27.8. The molecule has 0 bridgehead atoms. The molecule has 11 heteroatoms. The van der Waals surface area contributed by atoms with E-state index < -0.39 is 28.5 Å². The molecule has 0 saturated carbocycles. The highest BCUT2D eigenvalue weighted by Gasteiger charge is 2.32. The zero-order chi connectivity index (χ0) is 26.2. The second-order valence-electron chi connectivity index (χ2n) is 7.77. The van der Waals surface area contributed by atoms with Crippen LogP contribution < -0.4 is 19.1 Å². The van der Waals surface area contributed by atoms with Crippen LogP contribution in [-0.2, 0) is 26.2 Å². The second-order valence-corrected chi connectivity index (χ2v) is 10.1. The van der Waals surface area contributed by atoms with Crippen LogP contribution in [-0.4, -0.2) is 64.7 Å². The molecule has 2 aromatic rings. The van der Waals surface area contributed by atoms with Crippen molar-refractivity contribution in [2.24, 2.45) is 0 Å². The number of carbonyl (C=O) groups is 2. The van der Waals surface area contributed by atoms with E-state index in [-0.39, 0.29) is 28.9 Å². The van der Waals surface area contributed by atoms with Gasteiger partial charge in [-0.2, -0.15) is 0 Å². The van der Waals surface area contributed by atoms with Gasteiger partial charge in [-0.25, -0.2) is 8.42 Å². The summed E-state index contributed by atoms with van der Waals surface area (Å²) >= 11 is 6.11. The average molecular weight is 526 g/mol. The Labute approximate surface area is 212 Å². The molecular formula is C24H32ClN3O6S. The topological polar surface area (TPSA) is 105 Å². The fourth-order valence-electron chi connectivity index (χ4n) is 3.59. The zero-order valence-electron chi connectivity index (χ0n) is 20.6. The van der Waals surface area contributed by atoms with Gasteiger partial charge in [0.25, 0.3) is 0 Å². The SMILES string of the molecule is CCNC(=O)[C@H](CC)N(Cc1ccc(OC)cc1)C(=O)CN(c1cc(Cl)ccc1OC)S(C)(=O)=O. The van der Waals surface area contributed by atoms with Crippen molar-refractivity contribution in [3.8, 4) is 11.5 Å². The van der Waals surface area contributed by atoms with Crippen molar-refractivity contribution >= 4 is 39.1 Å². The molecule has 9 nitrogen and oxygen atoms in total. The highest BCUT2D eigenvalue weighted by Crippen LogP contribution is 2.33. The third-order valence-corrected chi connectivity index (χ3v) is 6.70. The van der Waals surface area contributed by atoms with Gasteiger partial charge in [0.1, 0.15) is 24.1 Å². The first-order valence-electron chi connectivity index (χ1n) is 11.1. The maximum absolute atomic E-state index is 13.6. The van der Waals surface area contributed by atoms with Crippen LogP contribution in [0.4, 0.5) is 5.69 Å². The molecule has 0 spiro atoms. The molecule has 1 atom stereocenters. The number of amides is 2. The summed E-state index contributed by atoms with van der Waals surface area (Å²) in [5.74, 6) is 0.0262. The number of halogens is 1. The molecule has 0 heterocycles. The Hall–Kier alpha value is -2.98. The van der Waals surface area contributed by atoms with Crippen molar-refractivity contribution in [1.82, 2.24) is 10.2 Å². The normalized spacial score (nSPS) is 11.9. The summed E-state index contributed by atoms with van der Waals surface area (Å²) in [6.45, 7) is 3.54. The molecule has 0 aromatic heterocycles. The molecule has 0 saturated heterocycles. The van der Waals surface area contributed by atoms with Gasteiger partial charge in [0.05, 0.1) is 26.2 Å². The lowest BCUT2D eigenvalue weighted by atomic mass is 10.1. The number of rotatable bonds is 12. The number of nitrogens with zero attached hydrogens (tertiary/aromatic N) is 2. The maximum Gasteiger partial charge on any atom is 0.244 e. The Bertz CT molecular complexity index is 1120. The van der Waals surface area contributed by atoms with E-state index in [2.05, 4.69) is 5.32 Å². The largest absolute Gasteiger partial charge is 0.497 e. The minimum Gasteiger partial charge on any atom is -0.497 e. The lowest BCUT2D eigenvalue weighted by molar-refractivity contribution is -0.140. The molecule has 1 N–H and O–H groups in total. The smallest absolute Gasteiger partial charge is 0.244 e. The van der Waals surface area contributed by atoms with Crippen molar-refractivity contribution in [2.45, 2.75) is 32.9 Å². The predicted octanol–water partition coefficient (Wildman–Crippen LogP) is 3.07. The molecule has 0 aliphatic heterocycles. The fourth-order valence-corrected chi connectivity index (χ4v) is 4.60. The van der Waals surface area contributed by atoms with Gasteiger partial charge in [0.2, 0.25) is 21.8 Å². The van der Waals surface area contributed by atoms with E-state index in [9.17, 15) is 18.0 Å². The molecule has 0 radical (unpaired) electrons. The van der Waals surface area contributed by atoms with Crippen LogP contribution in [0, 0.1) is 0 Å². The fraction of sp³-hybridized carbons (Fsp3) is 0.417. The molecule has 0 aliphatic rings. The van der Waals surface area contributed by atoms with E-state index in [4.69, 9.17) is 21.1 Å². The first-order chi connectivity index (χ1) is 16.5. The number of anilines is 1. The number of sulfonamides is 1. The van der Waals surface area contributed by atoms with Gasteiger partial charge in [-0.05, 0) is 49.2 Å². The van der Waals surface area contributed by atoms with E-state index in [0.29, 0.717) is 18.7 Å². The van der Waals surface area contributed by atoms with E-state index in [1.54, 1.807) is 51.3 Å². The Morgan fingerprint density at radius 1 is 1.06 bits per heavy atom. The summed E-state index contributed by atoms with van der Waals surface area (Å²) < 4.78 is 36.9. The monoisotopic (exact) mass is 525 g/mol. The summed E-state index contributed by atoms with van der Waals surface area (Å²) in [7, 11) is -0.962. The number of hydrogen-bond donors (Lipinski definition) is 1. The highest BCUT2D eigenvalue weighted by molar-refractivity contribution is 7.92. The van der Waals surface area contributed by atoms with Crippen LogP contribution in [0.15, 0.2) is 42.5 Å². The standard InChI is InChI=1S/C24H32ClN3O6S/c1-6-20(24(30)26-7-2)27(15-17-8-11-19(33-3)12-9-17)23(29)16-28(35(5,31)32)21-14-18(25)10-13-22(21)34-4/h8-14,20H,6-7,15-16H2,1-5H3,(H,26,30)/t20-/m0/s1. The van der Waals surface area contributed by atoms with Crippen LogP contribution in [0.1, 0.15) is 25.8 Å². The van der Waals surface area contributed by atoms with E-state index >= 15 is 0 Å². The van der Waals surface area contributed by atoms with Gasteiger partial charge in [-0.1, -0.05) is 30.7 Å². The maximum atomic E-state index is 13.6. The number of carbonyl (C=O) groups excluding carboxylic acids is 2. The van der Waals surface area contributed by atoms with Gasteiger partial charge >= 0.3 is 0 Å². The molecule has 2 rings (SSSR count). The van der Waals surface area contributed by atoms with E-state index in [1.165, 1.54) is 24.1 Å². The Morgan fingerprint density at radius 3 is 2.23 bits per heavy atom. The number of nitrogens with one attached hydrogen (secondary N) is 1. The van der Waals surface area contributed by atoms with E-state index in [0.717, 1.165) is 16.1 Å². The van der Waals surface area contributed by atoms with Crippen molar-refractivity contribution in [2.75, 3.05) is 37.9 Å². The number of likely N-dealkylation sites (N-methyl/N-ethyl adjacent to an activating group) is 1. The van der Waals surface area contributed by atoms with Crippen molar-refractivity contribution < 1.29 is 27.5 Å². The molecule has 35 heavy (non-hydrogen) atoms. The zero-order valence-corrected chi connectivity index (χ0v) is 22.1. The molecule has 2 amide bonds. The van der Waals surface area contributed by atoms with Gasteiger partial charge in [0.15, 0.2) is 0 Å². The minimum absolute atomic E-state index is 0.1000. The van der Waals surface area contributed by atoms with Gasteiger partial charge in [-0.3, -0.25) is 13.9 Å². The first kappa shape index (κ1) is 28.3. The molecule has 0 fully saturated rings. The summed E-state index contributed by atoms with van der Waals surface area (Å²) in [6, 6.07) is 10.8. The molecule has 2 aromatic carbocycles. The summed E-state index contributed by atoms with van der Waals surface area (Å²) in [5.41, 5.74) is 0.888. The lowest BCUT2D eigenvalue weighted by Crippen LogP contribution is -2.52. The van der Waals surface area contributed by atoms with Crippen molar-refractivity contribution in [3.63, 3.8) is 0 Å². The summed E-state index contributed by atoms with van der Waals surface area (Å²) in [6.07, 6.45) is 1.34. The van der Waals surface area contributed by atoms with Crippen LogP contribution in [0.2, 0.25) is 5.02 Å². The number of hydrogen-bond acceptors (Lipinski definition) is 6. The van der Waals surface area contributed by atoms with Crippen LogP contribution in [0.25, 0.3) is 0 Å². The minimum atomic E-state index is -3.91. The number of benzene rings is 2. The molecule has 0 unspecified atom stereocenters. The third-order valence-electron chi connectivity index (χ3n) is 5.34. The number of ether oxygens (including phenoxy) is 2. The Kier molecular flexibility index (Phi) is 10.2. The van der Waals surface area contributed by atoms with Crippen LogP contribution >= 0.6 is 11.6 Å². The van der Waals surface area contributed by atoms with Crippen molar-refractivity contribution in [3.05, 3.63) is 53.1 Å². The van der Waals surface area contributed by atoms with E-state index in [1.807, 2.05) is 0 Å². The average Bonchev–Trinajstić information content (AvgIpc) is 2.82. The summed E-state index contributed by atoms with van der Waals surface area (Å²) in [5, 5.41) is 3.04. The first-order valence-corrected chi connectivity index (χ1v) is 13.3. The van der Waals surface area contributed by atoms with Gasteiger partial charge in [0, 0.05) is 18.1 Å². The van der Waals surface area contributed by atoms with Crippen molar-refractivity contribution in [1.29, 1.82) is 0 Å². The molecular weight excluding hydrogens is 494 g/mol. The number of methoxy groups -OCH3 is 2. The van der Waals surface area contributed by atoms with Crippen LogP contribution in [0.5, 0.6) is 11.5 Å². The highest BCUT2D eigenvalue weighted by atomic mass is 35.5.